The molecule has 0 saturated carbocycles. The van der Waals surface area contributed by atoms with Crippen molar-refractivity contribution >= 4 is 22.4 Å². The van der Waals surface area contributed by atoms with Crippen molar-refractivity contribution in [1.29, 1.82) is 0 Å². The number of amides is 1. The molecular weight excluding hydrogens is 198 g/mol. The van der Waals surface area contributed by atoms with Crippen molar-refractivity contribution in [2.24, 2.45) is 0 Å². The van der Waals surface area contributed by atoms with Crippen molar-refractivity contribution in [3.8, 4) is 0 Å². The minimum Gasteiger partial charge on any atom is -0.320 e. The van der Waals surface area contributed by atoms with Crippen molar-refractivity contribution in [3.05, 3.63) is 11.1 Å². The summed E-state index contributed by atoms with van der Waals surface area (Å²) in [5, 5.41) is 6.45. The first-order valence-corrected chi connectivity index (χ1v) is 5.41. The Hall–Kier alpha value is -0.940. The molecule has 0 radical (unpaired) electrons. The molecule has 0 atom stereocenters. The SMILES string of the molecule is CNCCCC(=O)Nc1ncc(C)s1. The van der Waals surface area contributed by atoms with Gasteiger partial charge in [0.05, 0.1) is 0 Å². The molecule has 1 aromatic rings. The van der Waals surface area contributed by atoms with Crippen LogP contribution in [0.2, 0.25) is 0 Å². The van der Waals surface area contributed by atoms with Gasteiger partial charge >= 0.3 is 0 Å². The number of aryl methyl sites for hydroxylation is 1. The number of rotatable bonds is 5. The largest absolute Gasteiger partial charge is 0.320 e. The molecule has 0 saturated heterocycles. The van der Waals surface area contributed by atoms with Crippen LogP contribution < -0.4 is 10.6 Å². The summed E-state index contributed by atoms with van der Waals surface area (Å²) in [5.41, 5.74) is 0. The molecular formula is C9H15N3OS. The van der Waals surface area contributed by atoms with E-state index >= 15 is 0 Å². The zero-order valence-electron chi connectivity index (χ0n) is 8.46. The number of hydrogen-bond acceptors (Lipinski definition) is 4. The Morgan fingerprint density at radius 1 is 1.64 bits per heavy atom. The number of thiazole rings is 1. The number of aromatic nitrogens is 1. The van der Waals surface area contributed by atoms with Crippen molar-refractivity contribution < 1.29 is 4.79 Å². The standard InChI is InChI=1S/C9H15N3OS/c1-7-6-11-9(14-7)12-8(13)4-3-5-10-2/h6,10H,3-5H2,1-2H3,(H,11,12,13). The Kier molecular flexibility index (Phi) is 4.55. The molecule has 0 aliphatic rings. The van der Waals surface area contributed by atoms with Crippen LogP contribution in [0.25, 0.3) is 0 Å². The van der Waals surface area contributed by atoms with E-state index in [-0.39, 0.29) is 5.91 Å². The maximum atomic E-state index is 11.3. The Labute approximate surface area is 87.7 Å². The molecule has 0 spiro atoms. The van der Waals surface area contributed by atoms with E-state index in [0.29, 0.717) is 11.6 Å². The molecule has 14 heavy (non-hydrogen) atoms. The van der Waals surface area contributed by atoms with Crippen molar-refractivity contribution in [2.45, 2.75) is 19.8 Å². The first-order valence-electron chi connectivity index (χ1n) is 4.59. The van der Waals surface area contributed by atoms with E-state index in [4.69, 9.17) is 0 Å². The molecule has 1 aromatic heterocycles. The van der Waals surface area contributed by atoms with E-state index < -0.39 is 0 Å². The van der Waals surface area contributed by atoms with Crippen LogP contribution in [0.3, 0.4) is 0 Å². The summed E-state index contributed by atoms with van der Waals surface area (Å²) in [7, 11) is 1.88. The Bertz CT molecular complexity index is 298. The fourth-order valence-corrected chi connectivity index (χ4v) is 1.70. The average Bonchev–Trinajstić information content (AvgIpc) is 2.52. The summed E-state index contributed by atoms with van der Waals surface area (Å²) in [4.78, 5) is 16.5. The third-order valence-electron chi connectivity index (χ3n) is 1.70. The quantitative estimate of drug-likeness (QED) is 0.727. The number of carbonyl (C=O) groups is 1. The highest BCUT2D eigenvalue weighted by molar-refractivity contribution is 7.15. The summed E-state index contributed by atoms with van der Waals surface area (Å²) in [6.07, 6.45) is 3.15. The van der Waals surface area contributed by atoms with Gasteiger partial charge in [-0.15, -0.1) is 11.3 Å². The van der Waals surface area contributed by atoms with Gasteiger partial charge in [0.1, 0.15) is 0 Å². The Morgan fingerprint density at radius 2 is 2.43 bits per heavy atom. The maximum absolute atomic E-state index is 11.3. The van der Waals surface area contributed by atoms with E-state index in [0.717, 1.165) is 17.8 Å². The summed E-state index contributed by atoms with van der Waals surface area (Å²) >= 11 is 1.50. The van der Waals surface area contributed by atoms with Crippen LogP contribution in [-0.2, 0) is 4.79 Å². The van der Waals surface area contributed by atoms with Gasteiger partial charge in [0.2, 0.25) is 5.91 Å². The fourth-order valence-electron chi connectivity index (χ4n) is 1.02. The summed E-state index contributed by atoms with van der Waals surface area (Å²) < 4.78 is 0. The van der Waals surface area contributed by atoms with E-state index in [1.807, 2.05) is 14.0 Å². The number of carbonyl (C=O) groups excluding carboxylic acids is 1. The predicted octanol–water partition coefficient (Wildman–Crippen LogP) is 1.39. The molecule has 0 aliphatic carbocycles. The molecule has 1 rings (SSSR count). The van der Waals surface area contributed by atoms with Gasteiger partial charge in [0.15, 0.2) is 5.13 Å². The third-order valence-corrected chi connectivity index (χ3v) is 2.53. The third kappa shape index (κ3) is 3.85. The van der Waals surface area contributed by atoms with Crippen LogP contribution in [0.1, 0.15) is 17.7 Å². The van der Waals surface area contributed by atoms with E-state index in [1.54, 1.807) is 6.20 Å². The summed E-state index contributed by atoms with van der Waals surface area (Å²) in [6, 6.07) is 0. The molecule has 0 aromatic carbocycles. The van der Waals surface area contributed by atoms with Crippen LogP contribution >= 0.6 is 11.3 Å². The molecule has 5 heteroatoms. The second-order valence-corrected chi connectivity index (χ2v) is 4.27. The van der Waals surface area contributed by atoms with Crippen LogP contribution in [0.4, 0.5) is 5.13 Å². The van der Waals surface area contributed by atoms with E-state index in [9.17, 15) is 4.79 Å². The predicted molar refractivity (Wildman–Crippen MR) is 58.6 cm³/mol. The van der Waals surface area contributed by atoms with Gasteiger partial charge < -0.3 is 10.6 Å². The molecule has 1 amide bonds. The molecule has 0 unspecified atom stereocenters. The van der Waals surface area contributed by atoms with Gasteiger partial charge in [-0.2, -0.15) is 0 Å². The van der Waals surface area contributed by atoms with Gasteiger partial charge in [-0.05, 0) is 26.9 Å². The number of anilines is 1. The zero-order chi connectivity index (χ0) is 10.4. The number of hydrogen-bond donors (Lipinski definition) is 2. The van der Waals surface area contributed by atoms with E-state index in [1.165, 1.54) is 11.3 Å². The molecule has 0 fully saturated rings. The fraction of sp³-hybridized carbons (Fsp3) is 0.556. The second kappa shape index (κ2) is 5.72. The van der Waals surface area contributed by atoms with Crippen LogP contribution in [0.15, 0.2) is 6.20 Å². The number of nitrogens with one attached hydrogen (secondary N) is 2. The lowest BCUT2D eigenvalue weighted by molar-refractivity contribution is -0.116. The first kappa shape index (κ1) is 11.1. The molecule has 2 N–H and O–H groups in total. The molecule has 4 nitrogen and oxygen atoms in total. The van der Waals surface area contributed by atoms with E-state index in [2.05, 4.69) is 15.6 Å². The Morgan fingerprint density at radius 3 is 3.00 bits per heavy atom. The smallest absolute Gasteiger partial charge is 0.226 e. The van der Waals surface area contributed by atoms with Crippen molar-refractivity contribution in [1.82, 2.24) is 10.3 Å². The topological polar surface area (TPSA) is 54.0 Å². The van der Waals surface area contributed by atoms with Crippen LogP contribution in [0, 0.1) is 6.92 Å². The first-order chi connectivity index (χ1) is 6.72. The maximum Gasteiger partial charge on any atom is 0.226 e. The zero-order valence-corrected chi connectivity index (χ0v) is 9.28. The highest BCUT2D eigenvalue weighted by Crippen LogP contribution is 2.16. The van der Waals surface area contributed by atoms with Gasteiger partial charge in [-0.1, -0.05) is 0 Å². The monoisotopic (exact) mass is 213 g/mol. The normalized spacial score (nSPS) is 10.1. The molecule has 1 heterocycles. The van der Waals surface area contributed by atoms with Gasteiger partial charge in [-0.3, -0.25) is 4.79 Å². The average molecular weight is 213 g/mol. The summed E-state index contributed by atoms with van der Waals surface area (Å²) in [6.45, 7) is 2.83. The molecule has 0 bridgehead atoms. The second-order valence-electron chi connectivity index (χ2n) is 3.03. The lowest BCUT2D eigenvalue weighted by Crippen LogP contribution is -2.14. The van der Waals surface area contributed by atoms with Crippen molar-refractivity contribution in [3.63, 3.8) is 0 Å². The minimum atomic E-state index is 0.0367. The highest BCUT2D eigenvalue weighted by atomic mass is 32.1. The summed E-state index contributed by atoms with van der Waals surface area (Å²) in [5.74, 6) is 0.0367. The molecule has 78 valence electrons. The minimum absolute atomic E-state index is 0.0367. The van der Waals surface area contributed by atoms with Gasteiger partial charge in [0, 0.05) is 17.5 Å². The van der Waals surface area contributed by atoms with Gasteiger partial charge in [0.25, 0.3) is 0 Å². The number of nitrogens with zero attached hydrogens (tertiary/aromatic N) is 1. The van der Waals surface area contributed by atoms with Crippen LogP contribution in [0.5, 0.6) is 0 Å². The highest BCUT2D eigenvalue weighted by Gasteiger charge is 2.04. The van der Waals surface area contributed by atoms with Gasteiger partial charge in [-0.25, -0.2) is 4.98 Å². The lowest BCUT2D eigenvalue weighted by Gasteiger charge is -2.00. The molecule has 0 aliphatic heterocycles. The van der Waals surface area contributed by atoms with Crippen LogP contribution in [-0.4, -0.2) is 24.5 Å². The van der Waals surface area contributed by atoms with Crippen molar-refractivity contribution in [2.75, 3.05) is 18.9 Å². The lowest BCUT2D eigenvalue weighted by atomic mass is 10.3. The Balaban J connectivity index is 2.27.